The average Bonchev–Trinajstić information content (AvgIpc) is 3.25. The normalized spacial score (nSPS) is 12.4. The van der Waals surface area contributed by atoms with Crippen molar-refractivity contribution in [3.63, 3.8) is 0 Å². The number of hydrogen-bond acceptors (Lipinski definition) is 4. The van der Waals surface area contributed by atoms with E-state index in [1.807, 2.05) is 23.9 Å². The Morgan fingerprint density at radius 3 is 2.75 bits per heavy atom. The Labute approximate surface area is 144 Å². The van der Waals surface area contributed by atoms with E-state index >= 15 is 0 Å². The molecule has 6 heteroatoms. The average molecular weight is 345 g/mol. The van der Waals surface area contributed by atoms with Crippen molar-refractivity contribution in [2.75, 3.05) is 13.2 Å². The van der Waals surface area contributed by atoms with E-state index in [2.05, 4.69) is 21.9 Å². The maximum atomic E-state index is 12.9. The van der Waals surface area contributed by atoms with Crippen LogP contribution in [0.5, 0.6) is 0 Å². The number of benzene rings is 1. The lowest BCUT2D eigenvalue weighted by Gasteiger charge is -2.17. The van der Waals surface area contributed by atoms with Crippen molar-refractivity contribution in [3.05, 3.63) is 76.0 Å². The van der Waals surface area contributed by atoms with E-state index in [4.69, 9.17) is 4.74 Å². The Hall–Kier alpha value is -2.02. The van der Waals surface area contributed by atoms with E-state index < -0.39 is 0 Å². The first-order valence-corrected chi connectivity index (χ1v) is 8.70. The molecule has 0 bridgehead atoms. The number of nitrogens with one attached hydrogen (secondary N) is 1. The molecule has 1 atom stereocenters. The molecule has 1 N–H and O–H groups in total. The first-order valence-electron chi connectivity index (χ1n) is 7.82. The van der Waals surface area contributed by atoms with Crippen LogP contribution in [0.25, 0.3) is 0 Å². The van der Waals surface area contributed by atoms with Crippen molar-refractivity contribution in [2.45, 2.75) is 12.6 Å². The van der Waals surface area contributed by atoms with Crippen molar-refractivity contribution in [1.82, 2.24) is 15.1 Å². The molecule has 0 aliphatic heterocycles. The van der Waals surface area contributed by atoms with Crippen LogP contribution in [-0.2, 0) is 18.3 Å². The van der Waals surface area contributed by atoms with Gasteiger partial charge in [-0.2, -0.15) is 5.10 Å². The van der Waals surface area contributed by atoms with Gasteiger partial charge in [-0.15, -0.1) is 11.3 Å². The SMILES string of the molecule is Cn1nccc1C(OCCNCc1ccc(F)cc1)c1cccs1. The van der Waals surface area contributed by atoms with Gasteiger partial charge in [0.25, 0.3) is 0 Å². The molecule has 0 aliphatic rings. The van der Waals surface area contributed by atoms with Crippen LogP contribution in [-0.4, -0.2) is 22.9 Å². The Balaban J connectivity index is 1.51. The van der Waals surface area contributed by atoms with Gasteiger partial charge in [0.15, 0.2) is 0 Å². The number of thiophene rings is 1. The molecule has 0 amide bonds. The lowest BCUT2D eigenvalue weighted by atomic mass is 10.2. The van der Waals surface area contributed by atoms with E-state index in [-0.39, 0.29) is 11.9 Å². The van der Waals surface area contributed by atoms with Crippen LogP contribution < -0.4 is 5.32 Å². The molecule has 3 rings (SSSR count). The molecule has 0 spiro atoms. The van der Waals surface area contributed by atoms with Gasteiger partial charge in [0, 0.05) is 31.2 Å². The maximum absolute atomic E-state index is 12.9. The summed E-state index contributed by atoms with van der Waals surface area (Å²) < 4.78 is 20.8. The van der Waals surface area contributed by atoms with E-state index in [0.29, 0.717) is 13.2 Å². The smallest absolute Gasteiger partial charge is 0.133 e. The first kappa shape index (κ1) is 16.8. The Bertz CT molecular complexity index is 740. The molecule has 0 saturated heterocycles. The largest absolute Gasteiger partial charge is 0.365 e. The molecular weight excluding hydrogens is 325 g/mol. The van der Waals surface area contributed by atoms with Gasteiger partial charge in [0.05, 0.1) is 12.3 Å². The molecule has 0 radical (unpaired) electrons. The molecule has 0 fully saturated rings. The van der Waals surface area contributed by atoms with Gasteiger partial charge in [-0.05, 0) is 35.2 Å². The highest BCUT2D eigenvalue weighted by atomic mass is 32.1. The van der Waals surface area contributed by atoms with Gasteiger partial charge >= 0.3 is 0 Å². The summed E-state index contributed by atoms with van der Waals surface area (Å²) in [5, 5.41) is 9.60. The second kappa shape index (κ2) is 8.19. The third kappa shape index (κ3) is 4.29. The molecule has 2 heterocycles. The van der Waals surface area contributed by atoms with E-state index in [0.717, 1.165) is 22.7 Å². The summed E-state index contributed by atoms with van der Waals surface area (Å²) >= 11 is 1.68. The molecule has 0 aliphatic carbocycles. The molecule has 2 aromatic heterocycles. The van der Waals surface area contributed by atoms with E-state index in [1.54, 1.807) is 29.7 Å². The Morgan fingerprint density at radius 1 is 1.25 bits per heavy atom. The van der Waals surface area contributed by atoms with Crippen molar-refractivity contribution < 1.29 is 9.13 Å². The predicted molar refractivity (Wildman–Crippen MR) is 93.4 cm³/mol. The molecule has 1 aromatic carbocycles. The lowest BCUT2D eigenvalue weighted by molar-refractivity contribution is 0.0788. The minimum atomic E-state index is -0.211. The van der Waals surface area contributed by atoms with Crippen LogP contribution in [0.1, 0.15) is 22.2 Å². The van der Waals surface area contributed by atoms with Crippen molar-refractivity contribution in [2.24, 2.45) is 7.05 Å². The number of ether oxygens (including phenoxy) is 1. The van der Waals surface area contributed by atoms with Gasteiger partial charge in [-0.1, -0.05) is 18.2 Å². The van der Waals surface area contributed by atoms with Gasteiger partial charge in [-0.3, -0.25) is 4.68 Å². The topological polar surface area (TPSA) is 39.1 Å². The Morgan fingerprint density at radius 2 is 2.08 bits per heavy atom. The second-order valence-corrected chi connectivity index (χ2v) is 6.43. The molecule has 3 aromatic rings. The number of aryl methyl sites for hydroxylation is 1. The van der Waals surface area contributed by atoms with Crippen molar-refractivity contribution >= 4 is 11.3 Å². The number of nitrogens with zero attached hydrogens (tertiary/aromatic N) is 2. The number of halogens is 1. The maximum Gasteiger partial charge on any atom is 0.133 e. The van der Waals surface area contributed by atoms with E-state index in [9.17, 15) is 4.39 Å². The van der Waals surface area contributed by atoms with Gasteiger partial charge in [-0.25, -0.2) is 4.39 Å². The predicted octanol–water partition coefficient (Wildman–Crippen LogP) is 3.52. The molecule has 4 nitrogen and oxygen atoms in total. The standard InChI is InChI=1S/C18H20FN3OS/c1-22-16(8-9-21-22)18(17-3-2-12-24-17)23-11-10-20-13-14-4-6-15(19)7-5-14/h2-9,12,18,20H,10-11,13H2,1H3. The zero-order valence-corrected chi connectivity index (χ0v) is 14.3. The minimum absolute atomic E-state index is 0.106. The number of rotatable bonds is 8. The van der Waals surface area contributed by atoms with Crippen LogP contribution in [0.4, 0.5) is 4.39 Å². The minimum Gasteiger partial charge on any atom is -0.365 e. The van der Waals surface area contributed by atoms with Crippen LogP contribution >= 0.6 is 11.3 Å². The lowest BCUT2D eigenvalue weighted by Crippen LogP contribution is -2.21. The summed E-state index contributed by atoms with van der Waals surface area (Å²) in [4.78, 5) is 1.16. The van der Waals surface area contributed by atoms with Crippen molar-refractivity contribution in [1.29, 1.82) is 0 Å². The third-order valence-electron chi connectivity index (χ3n) is 3.73. The molecule has 24 heavy (non-hydrogen) atoms. The van der Waals surface area contributed by atoms with Gasteiger partial charge in [0.2, 0.25) is 0 Å². The summed E-state index contributed by atoms with van der Waals surface area (Å²) in [6.45, 7) is 1.99. The summed E-state index contributed by atoms with van der Waals surface area (Å²) in [7, 11) is 1.92. The fourth-order valence-electron chi connectivity index (χ4n) is 2.48. The van der Waals surface area contributed by atoms with Crippen LogP contribution in [0.2, 0.25) is 0 Å². The van der Waals surface area contributed by atoms with Crippen LogP contribution in [0.15, 0.2) is 54.0 Å². The summed E-state index contributed by atoms with van der Waals surface area (Å²) in [6.07, 6.45) is 1.68. The van der Waals surface area contributed by atoms with Gasteiger partial charge in [0.1, 0.15) is 11.9 Å². The number of hydrogen-bond donors (Lipinski definition) is 1. The van der Waals surface area contributed by atoms with E-state index in [1.165, 1.54) is 12.1 Å². The zero-order valence-electron chi connectivity index (χ0n) is 13.5. The van der Waals surface area contributed by atoms with Crippen LogP contribution in [0, 0.1) is 5.82 Å². The fourth-order valence-corrected chi connectivity index (χ4v) is 3.26. The summed E-state index contributed by atoms with van der Waals surface area (Å²) in [5.41, 5.74) is 2.09. The second-order valence-electron chi connectivity index (χ2n) is 5.45. The molecule has 0 saturated carbocycles. The highest BCUT2D eigenvalue weighted by molar-refractivity contribution is 7.10. The summed E-state index contributed by atoms with van der Waals surface area (Å²) in [6, 6.07) is 12.6. The molecule has 1 unspecified atom stereocenters. The highest BCUT2D eigenvalue weighted by Crippen LogP contribution is 2.28. The molecular formula is C18H20FN3OS. The monoisotopic (exact) mass is 345 g/mol. The highest BCUT2D eigenvalue weighted by Gasteiger charge is 2.18. The fraction of sp³-hybridized carbons (Fsp3) is 0.278. The third-order valence-corrected chi connectivity index (χ3v) is 4.65. The Kier molecular flexibility index (Phi) is 5.74. The first-order chi connectivity index (χ1) is 11.7. The number of aromatic nitrogens is 2. The summed E-state index contributed by atoms with van der Waals surface area (Å²) in [5.74, 6) is -0.211. The molecule has 126 valence electrons. The van der Waals surface area contributed by atoms with Gasteiger partial charge < -0.3 is 10.1 Å². The van der Waals surface area contributed by atoms with Crippen LogP contribution in [0.3, 0.4) is 0 Å². The zero-order chi connectivity index (χ0) is 16.8. The quantitative estimate of drug-likeness (QED) is 0.635. The van der Waals surface area contributed by atoms with Crippen molar-refractivity contribution in [3.8, 4) is 0 Å².